The van der Waals surface area contributed by atoms with Gasteiger partial charge in [-0.25, -0.2) is 8.42 Å². The molecule has 1 fully saturated rings. The Labute approximate surface area is 197 Å². The first-order valence-electron chi connectivity index (χ1n) is 10.9. The summed E-state index contributed by atoms with van der Waals surface area (Å²) in [6, 6.07) is 10.3. The number of carbonyl (C=O) groups is 2. The van der Waals surface area contributed by atoms with Crippen molar-refractivity contribution in [1.82, 2.24) is 5.32 Å². The van der Waals surface area contributed by atoms with Crippen LogP contribution in [0.4, 0.5) is 20.2 Å². The van der Waals surface area contributed by atoms with Gasteiger partial charge >= 0.3 is 6.61 Å². The second-order valence-electron chi connectivity index (χ2n) is 9.25. The first-order chi connectivity index (χ1) is 15.9. The summed E-state index contributed by atoms with van der Waals surface area (Å²) in [6.07, 6.45) is 3.00. The molecule has 1 aliphatic carbocycles. The van der Waals surface area contributed by atoms with Gasteiger partial charge in [0.25, 0.3) is 5.91 Å². The largest absolute Gasteiger partial charge is 0.435 e. The van der Waals surface area contributed by atoms with Crippen LogP contribution >= 0.6 is 0 Å². The molecule has 1 heterocycles. The molecule has 0 radical (unpaired) electrons. The first-order valence-corrected chi connectivity index (χ1v) is 12.9. The van der Waals surface area contributed by atoms with E-state index in [1.807, 2.05) is 0 Å². The molecular formula is C24H26F2N2O5S. The second-order valence-corrected chi connectivity index (χ2v) is 11.5. The predicted octanol–water partition coefficient (Wildman–Crippen LogP) is 3.94. The van der Waals surface area contributed by atoms with Crippen LogP contribution in [0.25, 0.3) is 0 Å². The number of nitrogens with zero attached hydrogens (tertiary/aromatic N) is 1. The molecule has 1 saturated carbocycles. The van der Waals surface area contributed by atoms with E-state index in [1.165, 1.54) is 29.4 Å². The molecular weight excluding hydrogens is 466 g/mol. The van der Waals surface area contributed by atoms with Crippen LogP contribution in [0.3, 0.4) is 0 Å². The van der Waals surface area contributed by atoms with Crippen LogP contribution in [-0.2, 0) is 20.0 Å². The van der Waals surface area contributed by atoms with Crippen molar-refractivity contribution < 1.29 is 31.5 Å². The number of alkyl halides is 2. The van der Waals surface area contributed by atoms with Crippen LogP contribution in [0.15, 0.2) is 42.5 Å². The Bertz CT molecular complexity index is 1250. The van der Waals surface area contributed by atoms with Gasteiger partial charge in [0.2, 0.25) is 5.91 Å². The average molecular weight is 493 g/mol. The van der Waals surface area contributed by atoms with Crippen molar-refractivity contribution in [2.75, 3.05) is 11.2 Å². The lowest BCUT2D eigenvalue weighted by molar-refractivity contribution is -0.121. The van der Waals surface area contributed by atoms with Gasteiger partial charge in [0.05, 0.1) is 22.0 Å². The van der Waals surface area contributed by atoms with Crippen LogP contribution in [0.1, 0.15) is 49.0 Å². The second kappa shape index (κ2) is 8.65. The van der Waals surface area contributed by atoms with Crippen molar-refractivity contribution in [3.8, 4) is 5.75 Å². The Balaban J connectivity index is 1.64. The SMILES string of the molecule is CC1(C)C(=O)N(c2cccc(OC(F)F)c2)c2ccc(C(=O)N[C@H]3CCC[C@@H]3S(C)(=O)=O)cc21. The molecule has 0 aromatic heterocycles. The van der Waals surface area contributed by atoms with Crippen molar-refractivity contribution >= 4 is 33.0 Å². The van der Waals surface area contributed by atoms with Crippen LogP contribution in [0.2, 0.25) is 0 Å². The van der Waals surface area contributed by atoms with Gasteiger partial charge in [-0.15, -0.1) is 0 Å². The van der Waals surface area contributed by atoms with Gasteiger partial charge < -0.3 is 10.1 Å². The maximum atomic E-state index is 13.3. The summed E-state index contributed by atoms with van der Waals surface area (Å²) in [7, 11) is -3.29. The van der Waals surface area contributed by atoms with E-state index in [1.54, 1.807) is 38.1 Å². The van der Waals surface area contributed by atoms with E-state index in [2.05, 4.69) is 10.1 Å². The summed E-state index contributed by atoms with van der Waals surface area (Å²) >= 11 is 0. The highest BCUT2D eigenvalue weighted by Crippen LogP contribution is 2.46. The molecule has 0 spiro atoms. The van der Waals surface area contributed by atoms with E-state index in [0.29, 0.717) is 35.3 Å². The van der Waals surface area contributed by atoms with Crippen molar-refractivity contribution in [2.45, 2.75) is 56.4 Å². The molecule has 4 rings (SSSR count). The zero-order valence-electron chi connectivity index (χ0n) is 19.0. The van der Waals surface area contributed by atoms with Crippen molar-refractivity contribution in [1.29, 1.82) is 0 Å². The Morgan fingerprint density at radius 2 is 1.91 bits per heavy atom. The summed E-state index contributed by atoms with van der Waals surface area (Å²) in [5.74, 6) is -0.751. The number of sulfone groups is 1. The molecule has 2 aromatic carbocycles. The van der Waals surface area contributed by atoms with E-state index >= 15 is 0 Å². The lowest BCUT2D eigenvalue weighted by atomic mass is 9.85. The number of fused-ring (bicyclic) bond motifs is 1. The molecule has 182 valence electrons. The molecule has 2 atom stereocenters. The fraction of sp³-hybridized carbons (Fsp3) is 0.417. The zero-order chi connectivity index (χ0) is 24.8. The van der Waals surface area contributed by atoms with Crippen molar-refractivity contribution in [3.05, 3.63) is 53.6 Å². The Kier molecular flexibility index (Phi) is 6.14. The number of rotatable bonds is 6. The van der Waals surface area contributed by atoms with E-state index in [4.69, 9.17) is 0 Å². The molecule has 2 aromatic rings. The number of anilines is 2. The van der Waals surface area contributed by atoms with Crippen LogP contribution in [0, 0.1) is 0 Å². The molecule has 7 nitrogen and oxygen atoms in total. The van der Waals surface area contributed by atoms with Crippen molar-refractivity contribution in [2.24, 2.45) is 0 Å². The third kappa shape index (κ3) is 4.38. The van der Waals surface area contributed by atoms with Crippen LogP contribution in [0.5, 0.6) is 5.75 Å². The molecule has 0 saturated heterocycles. The minimum atomic E-state index is -3.29. The maximum absolute atomic E-state index is 13.3. The molecule has 1 N–H and O–H groups in total. The molecule has 0 bridgehead atoms. The van der Waals surface area contributed by atoms with Gasteiger partial charge in [-0.1, -0.05) is 6.07 Å². The van der Waals surface area contributed by atoms with Crippen LogP contribution in [-0.4, -0.2) is 44.4 Å². The maximum Gasteiger partial charge on any atom is 0.387 e. The fourth-order valence-corrected chi connectivity index (χ4v) is 6.18. The molecule has 1 aliphatic heterocycles. The third-order valence-corrected chi connectivity index (χ3v) is 8.19. The number of hydrogen-bond donors (Lipinski definition) is 1. The Morgan fingerprint density at radius 1 is 1.18 bits per heavy atom. The fourth-order valence-electron chi connectivity index (χ4n) is 4.79. The normalized spacial score (nSPS) is 21.6. The first kappa shape index (κ1) is 24.1. The molecule has 2 aliphatic rings. The molecule has 10 heteroatoms. The van der Waals surface area contributed by atoms with Crippen molar-refractivity contribution in [3.63, 3.8) is 0 Å². The van der Waals surface area contributed by atoms with Crippen LogP contribution < -0.4 is 15.0 Å². The highest BCUT2D eigenvalue weighted by atomic mass is 32.2. The quantitative estimate of drug-likeness (QED) is 0.660. The number of halogens is 2. The minimum Gasteiger partial charge on any atom is -0.435 e. The van der Waals surface area contributed by atoms with E-state index in [0.717, 1.165) is 6.42 Å². The monoisotopic (exact) mass is 492 g/mol. The average Bonchev–Trinajstić information content (AvgIpc) is 3.29. The van der Waals surface area contributed by atoms with Gasteiger partial charge in [0.1, 0.15) is 5.75 Å². The number of ether oxygens (including phenoxy) is 1. The highest BCUT2D eigenvalue weighted by molar-refractivity contribution is 7.91. The van der Waals surface area contributed by atoms with E-state index in [9.17, 15) is 26.8 Å². The topological polar surface area (TPSA) is 92.8 Å². The van der Waals surface area contributed by atoms with E-state index in [-0.39, 0.29) is 11.7 Å². The van der Waals surface area contributed by atoms with Gasteiger partial charge in [0.15, 0.2) is 9.84 Å². The predicted molar refractivity (Wildman–Crippen MR) is 123 cm³/mol. The molecule has 0 unspecified atom stereocenters. The van der Waals surface area contributed by atoms with Gasteiger partial charge in [-0.3, -0.25) is 14.5 Å². The molecule has 2 amide bonds. The minimum absolute atomic E-state index is 0.0699. The standard InChI is InChI=1S/C24H26F2N2O5S/c1-24(2)17-12-14(21(29)27-18-8-5-9-20(18)34(3,31)32)10-11-19(17)28(22(24)30)15-6-4-7-16(13-15)33-23(25)26/h4,6-7,10-13,18,20,23H,5,8-9H2,1-3H3,(H,27,29)/t18-,20-/m0/s1. The molecule has 34 heavy (non-hydrogen) atoms. The summed E-state index contributed by atoms with van der Waals surface area (Å²) in [6.45, 7) is 0.467. The lowest BCUT2D eigenvalue weighted by Crippen LogP contribution is -2.43. The van der Waals surface area contributed by atoms with E-state index < -0.39 is 39.1 Å². The summed E-state index contributed by atoms with van der Waals surface area (Å²) in [5, 5.41) is 2.24. The number of benzene rings is 2. The Hall–Kier alpha value is -3.01. The van der Waals surface area contributed by atoms with Gasteiger partial charge in [0, 0.05) is 23.9 Å². The van der Waals surface area contributed by atoms with Gasteiger partial charge in [-0.05, 0) is 69.0 Å². The number of hydrogen-bond acceptors (Lipinski definition) is 5. The Morgan fingerprint density at radius 3 is 2.59 bits per heavy atom. The highest BCUT2D eigenvalue weighted by Gasteiger charge is 2.45. The smallest absolute Gasteiger partial charge is 0.387 e. The van der Waals surface area contributed by atoms with Gasteiger partial charge in [-0.2, -0.15) is 8.78 Å². The lowest BCUT2D eigenvalue weighted by Gasteiger charge is -2.21. The number of carbonyl (C=O) groups excluding carboxylic acids is 2. The zero-order valence-corrected chi connectivity index (χ0v) is 19.9. The summed E-state index contributed by atoms with van der Waals surface area (Å²) in [4.78, 5) is 27.7. The number of amides is 2. The third-order valence-electron chi connectivity index (χ3n) is 6.53. The number of nitrogens with one attached hydrogen (secondary N) is 1. The summed E-state index contributed by atoms with van der Waals surface area (Å²) < 4.78 is 53.9. The summed E-state index contributed by atoms with van der Waals surface area (Å²) in [5.41, 5.74) is 0.852.